The summed E-state index contributed by atoms with van der Waals surface area (Å²) < 4.78 is 41.3. The van der Waals surface area contributed by atoms with Crippen molar-refractivity contribution in [3.63, 3.8) is 0 Å². The number of sulfonamides is 1. The van der Waals surface area contributed by atoms with Gasteiger partial charge in [-0.15, -0.1) is 0 Å². The number of rotatable bonds is 5. The Morgan fingerprint density at radius 1 is 1.30 bits per heavy atom. The second-order valence-electron chi connectivity index (χ2n) is 6.70. The molecule has 0 radical (unpaired) electrons. The quantitative estimate of drug-likeness (QED) is 0.818. The summed E-state index contributed by atoms with van der Waals surface area (Å²) in [5.74, 6) is -0.451. The van der Waals surface area contributed by atoms with Gasteiger partial charge in [-0.1, -0.05) is 12.1 Å². The van der Waals surface area contributed by atoms with E-state index in [-0.39, 0.29) is 33.5 Å². The number of nitrogens with two attached hydrogens (primary N) is 1. The Labute approximate surface area is 158 Å². The number of carbonyl (C=O) groups excluding carboxylic acids is 1. The number of amides is 1. The lowest BCUT2D eigenvalue weighted by atomic mass is 10.1. The molecule has 1 amide bonds. The highest BCUT2D eigenvalue weighted by Crippen LogP contribution is 2.25. The Hall–Kier alpha value is -2.45. The maximum atomic E-state index is 13.4. The van der Waals surface area contributed by atoms with Crippen LogP contribution in [0.1, 0.15) is 22.3 Å². The largest absolute Gasteiger partial charge is 0.338 e. The zero-order valence-electron chi connectivity index (χ0n) is 15.0. The lowest BCUT2D eigenvalue weighted by Crippen LogP contribution is -2.30. The van der Waals surface area contributed by atoms with E-state index in [1.807, 2.05) is 0 Å². The number of nitrogens with zero attached hydrogens (tertiary/aromatic N) is 1. The lowest BCUT2D eigenvalue weighted by molar-refractivity contribution is 0.0788. The van der Waals surface area contributed by atoms with Crippen LogP contribution in [-0.4, -0.2) is 38.9 Å². The van der Waals surface area contributed by atoms with Gasteiger partial charge >= 0.3 is 0 Å². The molecule has 1 heterocycles. The molecule has 3 N–H and O–H groups in total. The van der Waals surface area contributed by atoms with Crippen LogP contribution in [0, 0.1) is 18.7 Å². The van der Waals surface area contributed by atoms with Gasteiger partial charge in [-0.25, -0.2) is 12.8 Å². The highest BCUT2D eigenvalue weighted by Gasteiger charge is 2.28. The predicted molar refractivity (Wildman–Crippen MR) is 101 cm³/mol. The number of carbonyl (C=O) groups is 1. The Bertz CT molecular complexity index is 962. The van der Waals surface area contributed by atoms with Crippen molar-refractivity contribution in [2.75, 3.05) is 24.4 Å². The van der Waals surface area contributed by atoms with E-state index in [1.54, 1.807) is 23.1 Å². The number of hydrogen-bond acceptors (Lipinski definition) is 4. The van der Waals surface area contributed by atoms with Gasteiger partial charge in [0.15, 0.2) is 0 Å². The minimum Gasteiger partial charge on any atom is -0.338 e. The fourth-order valence-corrected chi connectivity index (χ4v) is 4.29. The first-order chi connectivity index (χ1) is 12.8. The molecule has 0 saturated carbocycles. The van der Waals surface area contributed by atoms with E-state index in [1.165, 1.54) is 25.1 Å². The van der Waals surface area contributed by atoms with Crippen molar-refractivity contribution in [3.05, 3.63) is 59.4 Å². The standard InChI is InChI=1S/C19H22FN3O3S/c1-13-10-15(6-7-17(13)20)27(25,26)22-18-5-3-2-4-16(18)19(24)23-9-8-14(11-21)12-23/h2-7,10,14,22H,8-9,11-12,21H2,1H3. The third-order valence-corrected chi connectivity index (χ3v) is 6.11. The van der Waals surface area contributed by atoms with Gasteiger partial charge in [0, 0.05) is 13.1 Å². The Morgan fingerprint density at radius 2 is 2.04 bits per heavy atom. The van der Waals surface area contributed by atoms with Crippen LogP contribution in [0.25, 0.3) is 0 Å². The molecule has 0 bridgehead atoms. The van der Waals surface area contributed by atoms with E-state index in [2.05, 4.69) is 4.72 Å². The maximum absolute atomic E-state index is 13.4. The van der Waals surface area contributed by atoms with Gasteiger partial charge in [0.05, 0.1) is 16.1 Å². The number of nitrogens with one attached hydrogen (secondary N) is 1. The highest BCUT2D eigenvalue weighted by molar-refractivity contribution is 7.92. The summed E-state index contributed by atoms with van der Waals surface area (Å²) in [6, 6.07) is 10.0. The number of anilines is 1. The summed E-state index contributed by atoms with van der Waals surface area (Å²) in [7, 11) is -3.95. The van der Waals surface area contributed by atoms with Crippen molar-refractivity contribution < 1.29 is 17.6 Å². The van der Waals surface area contributed by atoms with Crippen molar-refractivity contribution in [2.24, 2.45) is 11.7 Å². The molecule has 1 saturated heterocycles. The van der Waals surface area contributed by atoms with Crippen molar-refractivity contribution >= 4 is 21.6 Å². The molecular weight excluding hydrogens is 369 g/mol. The second kappa shape index (κ2) is 7.66. The zero-order valence-corrected chi connectivity index (χ0v) is 15.8. The molecule has 0 aliphatic carbocycles. The first kappa shape index (κ1) is 19.3. The average molecular weight is 391 g/mol. The monoisotopic (exact) mass is 391 g/mol. The van der Waals surface area contributed by atoms with Crippen LogP contribution in [-0.2, 0) is 10.0 Å². The first-order valence-electron chi connectivity index (χ1n) is 8.69. The van der Waals surface area contributed by atoms with Gasteiger partial charge < -0.3 is 10.6 Å². The summed E-state index contributed by atoms with van der Waals surface area (Å²) >= 11 is 0. The van der Waals surface area contributed by atoms with Gasteiger partial charge in [-0.05, 0) is 61.7 Å². The van der Waals surface area contributed by atoms with Gasteiger partial charge in [0.2, 0.25) is 0 Å². The van der Waals surface area contributed by atoms with Crippen LogP contribution in [0.2, 0.25) is 0 Å². The van der Waals surface area contributed by atoms with Gasteiger partial charge in [0.1, 0.15) is 5.82 Å². The smallest absolute Gasteiger partial charge is 0.261 e. The maximum Gasteiger partial charge on any atom is 0.261 e. The van der Waals surface area contributed by atoms with Crippen LogP contribution >= 0.6 is 0 Å². The predicted octanol–water partition coefficient (Wildman–Crippen LogP) is 2.36. The van der Waals surface area contributed by atoms with Crippen LogP contribution in [0.5, 0.6) is 0 Å². The third kappa shape index (κ3) is 4.12. The van der Waals surface area contributed by atoms with Gasteiger partial charge in [-0.2, -0.15) is 0 Å². The summed E-state index contributed by atoms with van der Waals surface area (Å²) in [6.45, 7) is 3.17. The van der Waals surface area contributed by atoms with Gasteiger partial charge in [-0.3, -0.25) is 9.52 Å². The molecule has 1 aliphatic heterocycles. The molecule has 2 aromatic rings. The number of para-hydroxylation sites is 1. The van der Waals surface area contributed by atoms with Crippen LogP contribution < -0.4 is 10.5 Å². The fourth-order valence-electron chi connectivity index (χ4n) is 3.13. The zero-order chi connectivity index (χ0) is 19.6. The molecular formula is C19H22FN3O3S. The van der Waals surface area contributed by atoms with E-state index in [0.717, 1.165) is 12.5 Å². The number of aryl methyl sites for hydroxylation is 1. The summed E-state index contributed by atoms with van der Waals surface area (Å²) in [5.41, 5.74) is 6.38. The van der Waals surface area contributed by atoms with E-state index in [0.29, 0.717) is 19.6 Å². The Morgan fingerprint density at radius 3 is 2.70 bits per heavy atom. The van der Waals surface area contributed by atoms with Crippen LogP contribution in [0.3, 0.4) is 0 Å². The number of halogens is 1. The number of benzene rings is 2. The van der Waals surface area contributed by atoms with Gasteiger partial charge in [0.25, 0.3) is 15.9 Å². The SMILES string of the molecule is Cc1cc(S(=O)(=O)Nc2ccccc2C(=O)N2CCC(CN)C2)ccc1F. The molecule has 1 fully saturated rings. The molecule has 144 valence electrons. The lowest BCUT2D eigenvalue weighted by Gasteiger charge is -2.19. The highest BCUT2D eigenvalue weighted by atomic mass is 32.2. The third-order valence-electron chi connectivity index (χ3n) is 4.75. The molecule has 0 aromatic heterocycles. The molecule has 3 rings (SSSR count). The number of hydrogen-bond donors (Lipinski definition) is 2. The second-order valence-corrected chi connectivity index (χ2v) is 8.39. The van der Waals surface area contributed by atoms with Crippen molar-refractivity contribution in [2.45, 2.75) is 18.2 Å². The molecule has 1 aliphatic rings. The summed E-state index contributed by atoms with van der Waals surface area (Å²) in [6.07, 6.45) is 0.838. The normalized spacial score (nSPS) is 17.1. The Balaban J connectivity index is 1.87. The van der Waals surface area contributed by atoms with E-state index < -0.39 is 15.8 Å². The Kier molecular flexibility index (Phi) is 5.48. The molecule has 1 atom stereocenters. The summed E-state index contributed by atoms with van der Waals surface area (Å²) in [4.78, 5) is 14.5. The fraction of sp³-hybridized carbons (Fsp3) is 0.316. The van der Waals surface area contributed by atoms with Crippen molar-refractivity contribution in [3.8, 4) is 0 Å². The number of likely N-dealkylation sites (tertiary alicyclic amines) is 1. The summed E-state index contributed by atoms with van der Waals surface area (Å²) in [5, 5.41) is 0. The molecule has 8 heteroatoms. The van der Waals surface area contributed by atoms with Crippen molar-refractivity contribution in [1.82, 2.24) is 4.90 Å². The minimum atomic E-state index is -3.95. The van der Waals surface area contributed by atoms with E-state index >= 15 is 0 Å². The molecule has 27 heavy (non-hydrogen) atoms. The van der Waals surface area contributed by atoms with E-state index in [9.17, 15) is 17.6 Å². The average Bonchev–Trinajstić information content (AvgIpc) is 3.12. The first-order valence-corrected chi connectivity index (χ1v) is 10.2. The minimum absolute atomic E-state index is 0.0620. The molecule has 6 nitrogen and oxygen atoms in total. The van der Waals surface area contributed by atoms with Crippen LogP contribution in [0.15, 0.2) is 47.4 Å². The molecule has 2 aromatic carbocycles. The topological polar surface area (TPSA) is 92.5 Å². The van der Waals surface area contributed by atoms with Crippen LogP contribution in [0.4, 0.5) is 10.1 Å². The molecule has 0 spiro atoms. The molecule has 1 unspecified atom stereocenters. The van der Waals surface area contributed by atoms with Crippen molar-refractivity contribution in [1.29, 1.82) is 0 Å². The van der Waals surface area contributed by atoms with E-state index in [4.69, 9.17) is 5.73 Å².